The molecule has 9 heteroatoms. The number of rotatable bonds is 5. The van der Waals surface area contributed by atoms with Gasteiger partial charge in [0.15, 0.2) is 5.11 Å². The minimum Gasteiger partial charge on any atom is -0.364 e. The molecule has 0 amide bonds. The first-order chi connectivity index (χ1) is 15.1. The molecule has 0 heterocycles. The Bertz CT molecular complexity index is 1040. The van der Waals surface area contributed by atoms with Crippen LogP contribution in [0.2, 0.25) is 15.1 Å². The number of alkyl halides is 3. The van der Waals surface area contributed by atoms with E-state index in [0.29, 0.717) is 16.6 Å². The Morgan fingerprint density at radius 2 is 1.91 bits per heavy atom. The second-order valence-corrected chi connectivity index (χ2v) is 9.05. The highest BCUT2D eigenvalue weighted by Crippen LogP contribution is 2.41. The zero-order valence-electron chi connectivity index (χ0n) is 17.0. The van der Waals surface area contributed by atoms with E-state index in [1.807, 2.05) is 24.4 Å². The van der Waals surface area contributed by atoms with Crippen LogP contribution in [0.1, 0.15) is 46.9 Å². The Labute approximate surface area is 205 Å². The van der Waals surface area contributed by atoms with Crippen molar-refractivity contribution in [2.75, 3.05) is 7.05 Å². The number of aliphatic imine (C=N–C) groups is 1. The summed E-state index contributed by atoms with van der Waals surface area (Å²) in [5.41, 5.74) is 2.98. The minimum atomic E-state index is -4.51. The summed E-state index contributed by atoms with van der Waals surface area (Å²) in [6.07, 6.45) is 2.50. The number of thiocarbonyl (C=S) groups is 1. The first-order valence-electron chi connectivity index (χ1n) is 9.86. The first kappa shape index (κ1) is 25.0. The summed E-state index contributed by atoms with van der Waals surface area (Å²) in [6.45, 7) is 0. The van der Waals surface area contributed by atoms with Gasteiger partial charge in [-0.05, 0) is 71.8 Å². The smallest absolute Gasteiger partial charge is 0.364 e. The average molecular weight is 520 g/mol. The van der Waals surface area contributed by atoms with Crippen LogP contribution in [0.5, 0.6) is 0 Å². The highest BCUT2D eigenvalue weighted by molar-refractivity contribution is 7.80. The van der Waals surface area contributed by atoms with E-state index < -0.39 is 12.1 Å². The molecule has 3 rings (SSSR count). The quantitative estimate of drug-likeness (QED) is 0.246. The number of halogens is 6. The molecular weight excluding hydrogens is 500 g/mol. The second kappa shape index (κ2) is 10.6. The lowest BCUT2D eigenvalue weighted by molar-refractivity contribution is -0.139. The number of aryl methyl sites for hydroxylation is 1. The number of allylic oxidation sites excluding steroid dienone is 1. The molecule has 0 spiro atoms. The molecule has 0 bridgehead atoms. The van der Waals surface area contributed by atoms with Crippen LogP contribution < -0.4 is 5.32 Å². The van der Waals surface area contributed by atoms with Gasteiger partial charge in [0, 0.05) is 13.3 Å². The van der Waals surface area contributed by atoms with Gasteiger partial charge in [0.2, 0.25) is 0 Å². The Morgan fingerprint density at radius 1 is 1.22 bits per heavy atom. The van der Waals surface area contributed by atoms with Gasteiger partial charge in [-0.3, -0.25) is 0 Å². The zero-order chi connectivity index (χ0) is 23.5. The Morgan fingerprint density at radius 3 is 2.53 bits per heavy atom. The van der Waals surface area contributed by atoms with E-state index in [0.717, 1.165) is 30.9 Å². The molecule has 0 radical (unpaired) electrons. The minimum absolute atomic E-state index is 0.0144. The van der Waals surface area contributed by atoms with Crippen molar-refractivity contribution in [1.82, 2.24) is 5.32 Å². The van der Waals surface area contributed by atoms with E-state index in [9.17, 15) is 13.2 Å². The number of fused-ring (bicyclic) bond motifs is 1. The predicted octanol–water partition coefficient (Wildman–Crippen LogP) is 8.00. The van der Waals surface area contributed by atoms with Crippen LogP contribution in [0.15, 0.2) is 41.4 Å². The molecule has 0 aliphatic heterocycles. The fraction of sp³-hybridized carbons (Fsp3) is 0.304. The summed E-state index contributed by atoms with van der Waals surface area (Å²) in [4.78, 5) is 4.17. The summed E-state index contributed by atoms with van der Waals surface area (Å²) in [5.74, 6) is -1.53. The van der Waals surface area contributed by atoms with Crippen LogP contribution in [0.25, 0.3) is 6.08 Å². The van der Waals surface area contributed by atoms with Crippen LogP contribution in [-0.4, -0.2) is 24.6 Å². The van der Waals surface area contributed by atoms with Gasteiger partial charge in [-0.1, -0.05) is 65.2 Å². The number of hydrogen-bond acceptors (Lipinski definition) is 1. The molecule has 2 aromatic rings. The lowest BCUT2D eigenvalue weighted by Crippen LogP contribution is -2.19. The largest absolute Gasteiger partial charge is 0.399 e. The predicted molar refractivity (Wildman–Crippen MR) is 132 cm³/mol. The van der Waals surface area contributed by atoms with Crippen molar-refractivity contribution in [2.45, 2.75) is 37.3 Å². The molecule has 0 fully saturated rings. The van der Waals surface area contributed by atoms with E-state index in [1.54, 1.807) is 7.05 Å². The molecule has 32 heavy (non-hydrogen) atoms. The van der Waals surface area contributed by atoms with Crippen molar-refractivity contribution < 1.29 is 13.2 Å². The van der Waals surface area contributed by atoms with Crippen molar-refractivity contribution in [1.29, 1.82) is 0 Å². The molecule has 2 atom stereocenters. The third-order valence-corrected chi connectivity index (χ3v) is 6.89. The van der Waals surface area contributed by atoms with Crippen LogP contribution in [0.3, 0.4) is 0 Å². The summed E-state index contributed by atoms with van der Waals surface area (Å²) in [6, 6.07) is 8.16. The van der Waals surface area contributed by atoms with Gasteiger partial charge in [0.05, 0.1) is 21.0 Å². The SMILES string of the molecule is CNC(=S)/N=C/CC1CCc2cc(/C=C/C(c3cc(Cl)c(Cl)c(Cl)c3)C(F)(F)F)ccc21. The monoisotopic (exact) mass is 518 g/mol. The molecule has 2 aromatic carbocycles. The van der Waals surface area contributed by atoms with Crippen molar-refractivity contribution in [3.8, 4) is 0 Å². The van der Waals surface area contributed by atoms with Gasteiger partial charge >= 0.3 is 6.18 Å². The van der Waals surface area contributed by atoms with Gasteiger partial charge in [-0.25, -0.2) is 4.99 Å². The summed E-state index contributed by atoms with van der Waals surface area (Å²) >= 11 is 22.8. The van der Waals surface area contributed by atoms with Crippen molar-refractivity contribution in [2.24, 2.45) is 4.99 Å². The molecule has 0 saturated carbocycles. The third kappa shape index (κ3) is 6.04. The van der Waals surface area contributed by atoms with Crippen molar-refractivity contribution in [3.63, 3.8) is 0 Å². The fourth-order valence-corrected chi connectivity index (χ4v) is 4.46. The molecule has 0 aromatic heterocycles. The van der Waals surface area contributed by atoms with E-state index in [2.05, 4.69) is 10.3 Å². The number of nitrogens with zero attached hydrogens (tertiary/aromatic N) is 1. The van der Waals surface area contributed by atoms with E-state index in [4.69, 9.17) is 47.0 Å². The molecular formula is C23H20Cl3F3N2S. The molecule has 2 unspecified atom stereocenters. The van der Waals surface area contributed by atoms with E-state index in [-0.39, 0.29) is 20.6 Å². The Hall–Kier alpha value is -1.60. The number of nitrogens with one attached hydrogen (secondary N) is 1. The molecule has 170 valence electrons. The Balaban J connectivity index is 1.81. The molecule has 2 nitrogen and oxygen atoms in total. The highest BCUT2D eigenvalue weighted by Gasteiger charge is 2.39. The zero-order valence-corrected chi connectivity index (χ0v) is 20.1. The Kier molecular flexibility index (Phi) is 8.26. The summed E-state index contributed by atoms with van der Waals surface area (Å²) in [5, 5.41) is 3.24. The van der Waals surface area contributed by atoms with Gasteiger partial charge in [-0.2, -0.15) is 13.2 Å². The average Bonchev–Trinajstić information content (AvgIpc) is 3.13. The third-order valence-electron chi connectivity index (χ3n) is 5.38. The van der Waals surface area contributed by atoms with Crippen molar-refractivity contribution in [3.05, 3.63) is 73.7 Å². The second-order valence-electron chi connectivity index (χ2n) is 7.47. The maximum Gasteiger partial charge on any atom is 0.399 e. The van der Waals surface area contributed by atoms with Crippen LogP contribution in [0, 0.1) is 0 Å². The summed E-state index contributed by atoms with van der Waals surface area (Å²) in [7, 11) is 1.72. The topological polar surface area (TPSA) is 24.4 Å². The van der Waals surface area contributed by atoms with E-state index >= 15 is 0 Å². The first-order valence-corrected chi connectivity index (χ1v) is 11.4. The lowest BCUT2D eigenvalue weighted by Gasteiger charge is -2.18. The molecule has 1 N–H and O–H groups in total. The van der Waals surface area contributed by atoms with Crippen LogP contribution in [-0.2, 0) is 6.42 Å². The lowest BCUT2D eigenvalue weighted by atomic mass is 9.95. The maximum atomic E-state index is 13.7. The van der Waals surface area contributed by atoms with Gasteiger partial charge in [0.1, 0.15) is 0 Å². The van der Waals surface area contributed by atoms with Crippen LogP contribution >= 0.6 is 47.0 Å². The number of benzene rings is 2. The molecule has 0 saturated heterocycles. The number of hydrogen-bond donors (Lipinski definition) is 1. The van der Waals surface area contributed by atoms with Crippen LogP contribution in [0.4, 0.5) is 13.2 Å². The fourth-order valence-electron chi connectivity index (χ4n) is 3.77. The van der Waals surface area contributed by atoms with Gasteiger partial charge in [-0.15, -0.1) is 0 Å². The highest BCUT2D eigenvalue weighted by atomic mass is 35.5. The van der Waals surface area contributed by atoms with Gasteiger partial charge < -0.3 is 5.32 Å². The van der Waals surface area contributed by atoms with E-state index in [1.165, 1.54) is 23.8 Å². The van der Waals surface area contributed by atoms with Crippen molar-refractivity contribution >= 4 is 64.4 Å². The molecule has 1 aliphatic carbocycles. The normalized spacial score (nSPS) is 17.2. The molecule has 1 aliphatic rings. The standard InChI is InChI=1S/C23H20Cl3F3N2S/c1-30-22(32)31-9-8-14-4-5-15-10-13(2-6-17(14)15)3-7-18(23(27,28)29)16-11-19(24)21(26)20(25)12-16/h2-3,6-7,9-12,14,18H,4-5,8H2,1H3,(H,30,32)/b7-3+,31-9+. The summed E-state index contributed by atoms with van der Waals surface area (Å²) < 4.78 is 41.2. The maximum absolute atomic E-state index is 13.7. The van der Waals surface area contributed by atoms with Gasteiger partial charge in [0.25, 0.3) is 0 Å².